The second-order valence-electron chi connectivity index (χ2n) is 11.4. The molecule has 0 N–H and O–H groups in total. The Labute approximate surface area is 199 Å². The molecule has 2 unspecified atom stereocenters. The monoisotopic (exact) mass is 442 g/mol. The van der Waals surface area contributed by atoms with Crippen LogP contribution in [0.3, 0.4) is 0 Å². The third-order valence-corrected chi connectivity index (χ3v) is 7.15. The van der Waals surface area contributed by atoms with Crippen molar-refractivity contribution in [3.8, 4) is 0 Å². The van der Waals surface area contributed by atoms with Gasteiger partial charge in [0, 0.05) is 0 Å². The van der Waals surface area contributed by atoms with Crippen molar-refractivity contribution in [2.45, 2.75) is 143 Å². The first-order valence-electron chi connectivity index (χ1n) is 13.0. The van der Waals surface area contributed by atoms with Crippen molar-refractivity contribution in [3.05, 3.63) is 46.6 Å². The Hall–Kier alpha value is -1.12. The maximum Gasteiger partial charge on any atom is 0.0892 e. The molecule has 182 valence electrons. The van der Waals surface area contributed by atoms with E-state index < -0.39 is 0 Å². The predicted octanol–water partition coefficient (Wildman–Crippen LogP) is 9.03. The zero-order chi connectivity index (χ0) is 23.8. The molecular formula is C30H50O2. The smallest absolute Gasteiger partial charge is 0.0892 e. The summed E-state index contributed by atoms with van der Waals surface area (Å²) in [5.74, 6) is 0. The fraction of sp³-hybridized carbons (Fsp3) is 0.733. The SMILES string of the molecule is C/C(=C\CC/C=C(\C)CC/C=C(\C)CCC1OC1(C)C)CC/C=C(\C)CCC1OC1(C)C. The molecule has 0 radical (unpaired) electrons. The first-order chi connectivity index (χ1) is 15.0. The van der Waals surface area contributed by atoms with Gasteiger partial charge in [-0.2, -0.15) is 0 Å². The van der Waals surface area contributed by atoms with Gasteiger partial charge in [0.1, 0.15) is 0 Å². The summed E-state index contributed by atoms with van der Waals surface area (Å²) in [6.07, 6.45) is 22.3. The Morgan fingerprint density at radius 2 is 0.812 bits per heavy atom. The van der Waals surface area contributed by atoms with E-state index in [1.807, 2.05) is 0 Å². The second kappa shape index (κ2) is 12.4. The van der Waals surface area contributed by atoms with Crippen LogP contribution in [-0.2, 0) is 9.47 Å². The molecule has 0 aliphatic carbocycles. The maximum absolute atomic E-state index is 5.68. The normalized spacial score (nSPS) is 25.2. The van der Waals surface area contributed by atoms with Crippen LogP contribution in [0.2, 0.25) is 0 Å². The van der Waals surface area contributed by atoms with E-state index in [1.165, 1.54) is 60.8 Å². The van der Waals surface area contributed by atoms with Crippen molar-refractivity contribution in [1.29, 1.82) is 0 Å². The van der Waals surface area contributed by atoms with E-state index in [0.29, 0.717) is 12.2 Å². The minimum atomic E-state index is 0.130. The molecule has 0 saturated carbocycles. The van der Waals surface area contributed by atoms with Gasteiger partial charge < -0.3 is 9.47 Å². The first kappa shape index (κ1) is 27.1. The molecule has 0 bridgehead atoms. The quantitative estimate of drug-likeness (QED) is 0.143. The number of epoxide rings is 2. The van der Waals surface area contributed by atoms with Gasteiger partial charge in [-0.3, -0.25) is 0 Å². The molecule has 2 heterocycles. The summed E-state index contributed by atoms with van der Waals surface area (Å²) in [5.41, 5.74) is 6.32. The molecule has 0 amide bonds. The van der Waals surface area contributed by atoms with E-state index >= 15 is 0 Å². The van der Waals surface area contributed by atoms with E-state index in [0.717, 1.165) is 25.7 Å². The topological polar surface area (TPSA) is 25.1 Å². The van der Waals surface area contributed by atoms with Crippen LogP contribution in [0.5, 0.6) is 0 Å². The maximum atomic E-state index is 5.68. The lowest BCUT2D eigenvalue weighted by Gasteiger charge is -2.03. The Balaban J connectivity index is 1.52. The van der Waals surface area contributed by atoms with Gasteiger partial charge in [-0.05, 0) is 120 Å². The summed E-state index contributed by atoms with van der Waals surface area (Å²) < 4.78 is 11.4. The van der Waals surface area contributed by atoms with Crippen LogP contribution in [0, 0.1) is 0 Å². The second-order valence-corrected chi connectivity index (χ2v) is 11.4. The van der Waals surface area contributed by atoms with Crippen LogP contribution >= 0.6 is 0 Å². The Bertz CT molecular complexity index is 655. The Morgan fingerprint density at radius 3 is 1.12 bits per heavy atom. The van der Waals surface area contributed by atoms with Crippen LogP contribution in [0.4, 0.5) is 0 Å². The largest absolute Gasteiger partial charge is 0.367 e. The molecule has 0 aromatic heterocycles. The highest BCUT2D eigenvalue weighted by atomic mass is 16.6. The van der Waals surface area contributed by atoms with Crippen molar-refractivity contribution in [3.63, 3.8) is 0 Å². The van der Waals surface area contributed by atoms with Gasteiger partial charge in [-0.15, -0.1) is 0 Å². The average molecular weight is 443 g/mol. The molecule has 0 aromatic rings. The van der Waals surface area contributed by atoms with Crippen LogP contribution in [0.15, 0.2) is 46.6 Å². The molecule has 2 aliphatic heterocycles. The highest BCUT2D eigenvalue weighted by Gasteiger charge is 2.47. The van der Waals surface area contributed by atoms with E-state index in [2.05, 4.69) is 79.7 Å². The molecule has 0 spiro atoms. The molecule has 2 heteroatoms. The van der Waals surface area contributed by atoms with E-state index in [-0.39, 0.29) is 11.2 Å². The van der Waals surface area contributed by atoms with Gasteiger partial charge in [-0.25, -0.2) is 0 Å². The summed E-state index contributed by atoms with van der Waals surface area (Å²) in [7, 11) is 0. The third-order valence-electron chi connectivity index (χ3n) is 7.15. The summed E-state index contributed by atoms with van der Waals surface area (Å²) in [6, 6.07) is 0. The van der Waals surface area contributed by atoms with Crippen LogP contribution in [-0.4, -0.2) is 23.4 Å². The lowest BCUT2D eigenvalue weighted by Crippen LogP contribution is -2.02. The molecule has 2 saturated heterocycles. The van der Waals surface area contributed by atoms with Gasteiger partial charge in [0.25, 0.3) is 0 Å². The highest BCUT2D eigenvalue weighted by molar-refractivity contribution is 5.08. The number of unbranched alkanes of at least 4 members (excludes halogenated alkanes) is 1. The Morgan fingerprint density at radius 1 is 0.531 bits per heavy atom. The van der Waals surface area contributed by atoms with Crippen molar-refractivity contribution in [2.24, 2.45) is 0 Å². The van der Waals surface area contributed by atoms with Gasteiger partial charge >= 0.3 is 0 Å². The predicted molar refractivity (Wildman–Crippen MR) is 139 cm³/mol. The van der Waals surface area contributed by atoms with Crippen LogP contribution in [0.1, 0.15) is 120 Å². The van der Waals surface area contributed by atoms with Gasteiger partial charge in [0.15, 0.2) is 0 Å². The number of hydrogen-bond donors (Lipinski definition) is 0. The number of allylic oxidation sites excluding steroid dienone is 8. The van der Waals surface area contributed by atoms with Gasteiger partial charge in [0.05, 0.1) is 23.4 Å². The molecule has 2 atom stereocenters. The third kappa shape index (κ3) is 10.7. The highest BCUT2D eigenvalue weighted by Crippen LogP contribution is 2.39. The molecule has 2 nitrogen and oxygen atoms in total. The Kier molecular flexibility index (Phi) is 10.5. The zero-order valence-electron chi connectivity index (χ0n) is 22.4. The van der Waals surface area contributed by atoms with Crippen molar-refractivity contribution >= 4 is 0 Å². The van der Waals surface area contributed by atoms with Crippen LogP contribution < -0.4 is 0 Å². The number of ether oxygens (including phenoxy) is 2. The molecule has 2 rings (SSSR count). The van der Waals surface area contributed by atoms with E-state index in [1.54, 1.807) is 0 Å². The van der Waals surface area contributed by atoms with Crippen molar-refractivity contribution in [2.75, 3.05) is 0 Å². The van der Waals surface area contributed by atoms with Crippen molar-refractivity contribution in [1.82, 2.24) is 0 Å². The molecule has 2 fully saturated rings. The average Bonchev–Trinajstić information content (AvgIpc) is 3.54. The lowest BCUT2D eigenvalue weighted by atomic mass is 10.0. The van der Waals surface area contributed by atoms with E-state index in [4.69, 9.17) is 9.47 Å². The minimum Gasteiger partial charge on any atom is -0.367 e. The standard InChI is InChI=1S/C30H50O2/c1-23(15-11-17-25(3)19-21-27-29(5,6)31-27)13-9-10-14-24(2)16-12-18-26(4)20-22-28-30(7,8)32-28/h13-14,17-18,27-28H,9-12,15-16,19-22H2,1-8H3/b23-13+,24-14+,25-17+,26-18+. The summed E-state index contributed by atoms with van der Waals surface area (Å²) in [4.78, 5) is 0. The molecule has 0 aromatic carbocycles. The summed E-state index contributed by atoms with van der Waals surface area (Å²) in [5, 5.41) is 0. The number of hydrogen-bond acceptors (Lipinski definition) is 2. The fourth-order valence-corrected chi connectivity index (χ4v) is 4.36. The first-order valence-corrected chi connectivity index (χ1v) is 13.0. The van der Waals surface area contributed by atoms with Gasteiger partial charge in [0.2, 0.25) is 0 Å². The number of rotatable bonds is 15. The fourth-order valence-electron chi connectivity index (χ4n) is 4.36. The minimum absolute atomic E-state index is 0.130. The zero-order valence-corrected chi connectivity index (χ0v) is 22.4. The molecule has 32 heavy (non-hydrogen) atoms. The summed E-state index contributed by atoms with van der Waals surface area (Å²) in [6.45, 7) is 17.8. The molecule has 2 aliphatic rings. The van der Waals surface area contributed by atoms with Gasteiger partial charge in [-0.1, -0.05) is 46.6 Å². The molecular weight excluding hydrogens is 392 g/mol. The van der Waals surface area contributed by atoms with Crippen molar-refractivity contribution < 1.29 is 9.47 Å². The van der Waals surface area contributed by atoms with Crippen LogP contribution in [0.25, 0.3) is 0 Å². The summed E-state index contributed by atoms with van der Waals surface area (Å²) >= 11 is 0. The lowest BCUT2D eigenvalue weighted by molar-refractivity contribution is 0.319. The van der Waals surface area contributed by atoms with E-state index in [9.17, 15) is 0 Å².